The number of carbonyl (C=O) groups excluding carboxylic acids is 1. The number of amides is 1. The van der Waals surface area contributed by atoms with Gasteiger partial charge in [-0.25, -0.2) is 4.98 Å². The first-order valence-electron chi connectivity index (χ1n) is 5.36. The molecule has 19 heavy (non-hydrogen) atoms. The molecule has 1 heterocycles. The van der Waals surface area contributed by atoms with Crippen molar-refractivity contribution in [2.24, 2.45) is 0 Å². The lowest BCUT2D eigenvalue weighted by atomic mass is 10.2. The Morgan fingerprint density at radius 2 is 2.05 bits per heavy atom. The Hall–Kier alpha value is -0.910. The molecule has 0 aliphatic heterocycles. The minimum atomic E-state index is -0.244. The highest BCUT2D eigenvalue weighted by Crippen LogP contribution is 2.26. The number of nitrogens with zero attached hydrogens (tertiary/aromatic N) is 1. The molecule has 0 aliphatic rings. The molecule has 6 heteroatoms. The van der Waals surface area contributed by atoms with Crippen LogP contribution in [0, 0.1) is 6.92 Å². The molecule has 0 spiro atoms. The molecule has 0 unspecified atom stereocenters. The van der Waals surface area contributed by atoms with E-state index < -0.39 is 0 Å². The molecule has 1 aromatic carbocycles. The van der Waals surface area contributed by atoms with E-state index in [0.717, 1.165) is 10.0 Å². The van der Waals surface area contributed by atoms with Gasteiger partial charge in [0.05, 0.1) is 11.3 Å². The fraction of sp³-hybridized carbons (Fsp3) is 0.0769. The van der Waals surface area contributed by atoms with Gasteiger partial charge in [-0.1, -0.05) is 27.5 Å². The maximum Gasteiger partial charge on any atom is 0.256 e. The number of aromatic nitrogens is 1. The molecule has 98 valence electrons. The Kier molecular flexibility index (Phi) is 4.60. The molecule has 1 aromatic heterocycles. The number of nitrogens with one attached hydrogen (secondary N) is 1. The van der Waals surface area contributed by atoms with E-state index in [1.807, 2.05) is 13.0 Å². The van der Waals surface area contributed by atoms with Crippen molar-refractivity contribution in [2.75, 3.05) is 5.32 Å². The van der Waals surface area contributed by atoms with Crippen LogP contribution < -0.4 is 5.32 Å². The molecule has 1 N–H and O–H groups in total. The van der Waals surface area contributed by atoms with Crippen LogP contribution in [0.25, 0.3) is 0 Å². The lowest BCUT2D eigenvalue weighted by Crippen LogP contribution is -2.14. The van der Waals surface area contributed by atoms with Crippen LogP contribution in [-0.4, -0.2) is 10.9 Å². The molecule has 1 amide bonds. The minimum absolute atomic E-state index is 0.244. The molecule has 0 atom stereocenters. The highest BCUT2D eigenvalue weighted by molar-refractivity contribution is 9.11. The smallest absolute Gasteiger partial charge is 0.256 e. The van der Waals surface area contributed by atoms with Crippen LogP contribution in [0.1, 0.15) is 15.9 Å². The van der Waals surface area contributed by atoms with Gasteiger partial charge >= 0.3 is 0 Å². The number of halogens is 3. The van der Waals surface area contributed by atoms with Crippen molar-refractivity contribution in [3.05, 3.63) is 55.7 Å². The first-order chi connectivity index (χ1) is 8.99. The summed E-state index contributed by atoms with van der Waals surface area (Å²) >= 11 is 12.7. The van der Waals surface area contributed by atoms with Gasteiger partial charge in [0, 0.05) is 15.1 Å². The average molecular weight is 404 g/mol. The number of hydrogen-bond donors (Lipinski definition) is 1. The predicted octanol–water partition coefficient (Wildman–Crippen LogP) is 4.82. The zero-order valence-electron chi connectivity index (χ0n) is 9.88. The van der Waals surface area contributed by atoms with E-state index in [0.29, 0.717) is 15.7 Å². The van der Waals surface area contributed by atoms with Crippen molar-refractivity contribution in [3.63, 3.8) is 0 Å². The van der Waals surface area contributed by atoms with E-state index in [9.17, 15) is 4.79 Å². The van der Waals surface area contributed by atoms with Gasteiger partial charge in [-0.2, -0.15) is 0 Å². The van der Waals surface area contributed by atoms with Crippen LogP contribution in [0.3, 0.4) is 0 Å². The van der Waals surface area contributed by atoms with Crippen LogP contribution >= 0.6 is 43.5 Å². The van der Waals surface area contributed by atoms with Crippen LogP contribution in [0.15, 0.2) is 39.4 Å². The second-order valence-electron chi connectivity index (χ2n) is 3.87. The van der Waals surface area contributed by atoms with E-state index in [-0.39, 0.29) is 11.1 Å². The Morgan fingerprint density at radius 3 is 2.74 bits per heavy atom. The number of aryl methyl sites for hydroxylation is 1. The molecule has 0 radical (unpaired) electrons. The Labute approximate surface area is 132 Å². The summed E-state index contributed by atoms with van der Waals surface area (Å²) in [6.07, 6.45) is 1.60. The molecule has 2 rings (SSSR count). The number of carbonyl (C=O) groups is 1. The van der Waals surface area contributed by atoms with E-state index in [4.69, 9.17) is 11.6 Å². The number of anilines is 1. The molecule has 0 aliphatic carbocycles. The van der Waals surface area contributed by atoms with Crippen LogP contribution in [0.2, 0.25) is 5.15 Å². The summed E-state index contributed by atoms with van der Waals surface area (Å²) in [4.78, 5) is 16.2. The zero-order valence-corrected chi connectivity index (χ0v) is 13.8. The fourth-order valence-electron chi connectivity index (χ4n) is 1.53. The van der Waals surface area contributed by atoms with Crippen molar-refractivity contribution in [1.82, 2.24) is 4.98 Å². The molecule has 0 saturated heterocycles. The number of rotatable bonds is 2. The molecule has 0 saturated carbocycles. The second kappa shape index (κ2) is 6.03. The third kappa shape index (κ3) is 3.35. The van der Waals surface area contributed by atoms with E-state index in [1.54, 1.807) is 24.4 Å². The normalized spacial score (nSPS) is 10.3. The van der Waals surface area contributed by atoms with Gasteiger partial charge in [-0.05, 0) is 52.7 Å². The first kappa shape index (κ1) is 14.5. The topological polar surface area (TPSA) is 42.0 Å². The average Bonchev–Trinajstić information content (AvgIpc) is 2.37. The summed E-state index contributed by atoms with van der Waals surface area (Å²) < 4.78 is 1.54. The van der Waals surface area contributed by atoms with E-state index in [1.165, 1.54) is 0 Å². The summed E-state index contributed by atoms with van der Waals surface area (Å²) in [5, 5.41) is 3.06. The largest absolute Gasteiger partial charge is 0.319 e. The maximum atomic E-state index is 12.2. The van der Waals surface area contributed by atoms with Crippen LogP contribution in [0.5, 0.6) is 0 Å². The lowest BCUT2D eigenvalue weighted by molar-refractivity contribution is 0.102. The summed E-state index contributed by atoms with van der Waals surface area (Å²) in [5.74, 6) is -0.244. The second-order valence-corrected chi connectivity index (χ2v) is 6.00. The number of pyridine rings is 1. The van der Waals surface area contributed by atoms with Crippen molar-refractivity contribution < 1.29 is 4.79 Å². The fourth-order valence-corrected chi connectivity index (χ4v) is 2.57. The van der Waals surface area contributed by atoms with Gasteiger partial charge in [0.15, 0.2) is 5.15 Å². The maximum absolute atomic E-state index is 12.2. The standard InChI is InChI=1S/C13H9Br2ClN2O/c1-7-4-5-17-12(16)11(7)18-13(19)9-6-8(14)2-3-10(9)15/h2-6H,1H3,(H,18,19). The summed E-state index contributed by atoms with van der Waals surface area (Å²) in [6.45, 7) is 1.86. The van der Waals surface area contributed by atoms with E-state index in [2.05, 4.69) is 42.2 Å². The van der Waals surface area contributed by atoms with Gasteiger partial charge in [0.2, 0.25) is 0 Å². The highest BCUT2D eigenvalue weighted by Gasteiger charge is 2.14. The monoisotopic (exact) mass is 402 g/mol. The summed E-state index contributed by atoms with van der Waals surface area (Å²) in [7, 11) is 0. The van der Waals surface area contributed by atoms with Gasteiger partial charge in [-0.15, -0.1) is 0 Å². The van der Waals surface area contributed by atoms with Gasteiger partial charge in [0.1, 0.15) is 0 Å². The SMILES string of the molecule is Cc1ccnc(Cl)c1NC(=O)c1cc(Br)ccc1Br. The van der Waals surface area contributed by atoms with Crippen molar-refractivity contribution >= 4 is 55.1 Å². The minimum Gasteiger partial charge on any atom is -0.319 e. The van der Waals surface area contributed by atoms with Gasteiger partial charge in [0.25, 0.3) is 5.91 Å². The summed E-state index contributed by atoms with van der Waals surface area (Å²) in [6, 6.07) is 7.18. The molecular formula is C13H9Br2ClN2O. The zero-order chi connectivity index (χ0) is 14.0. The van der Waals surface area contributed by atoms with Crippen LogP contribution in [-0.2, 0) is 0 Å². The van der Waals surface area contributed by atoms with E-state index >= 15 is 0 Å². The Morgan fingerprint density at radius 1 is 1.32 bits per heavy atom. The molecule has 3 nitrogen and oxygen atoms in total. The quantitative estimate of drug-likeness (QED) is 0.729. The third-order valence-corrected chi connectivity index (χ3v) is 4.00. The molecule has 0 bridgehead atoms. The van der Waals surface area contributed by atoms with Crippen molar-refractivity contribution in [1.29, 1.82) is 0 Å². The van der Waals surface area contributed by atoms with Crippen molar-refractivity contribution in [2.45, 2.75) is 6.92 Å². The molecular weight excluding hydrogens is 395 g/mol. The van der Waals surface area contributed by atoms with Gasteiger partial charge in [-0.3, -0.25) is 4.79 Å². The highest BCUT2D eigenvalue weighted by atomic mass is 79.9. The first-order valence-corrected chi connectivity index (χ1v) is 7.33. The predicted molar refractivity (Wildman–Crippen MR) is 83.8 cm³/mol. The third-order valence-electron chi connectivity index (χ3n) is 2.52. The number of hydrogen-bond acceptors (Lipinski definition) is 2. The Bertz CT molecular complexity index is 626. The Balaban J connectivity index is 2.34. The molecule has 2 aromatic rings. The lowest BCUT2D eigenvalue weighted by Gasteiger charge is -2.10. The van der Waals surface area contributed by atoms with Crippen LogP contribution in [0.4, 0.5) is 5.69 Å². The van der Waals surface area contributed by atoms with Gasteiger partial charge < -0.3 is 5.32 Å². The summed E-state index contributed by atoms with van der Waals surface area (Å²) in [5.41, 5.74) is 1.91. The molecule has 0 fully saturated rings. The number of benzene rings is 1. The van der Waals surface area contributed by atoms with Crippen molar-refractivity contribution in [3.8, 4) is 0 Å².